The van der Waals surface area contributed by atoms with Crippen LogP contribution in [0, 0.1) is 12.7 Å². The lowest BCUT2D eigenvalue weighted by atomic mass is 10.0. The van der Waals surface area contributed by atoms with Crippen LogP contribution in [0.25, 0.3) is 0 Å². The van der Waals surface area contributed by atoms with Crippen LogP contribution in [-0.2, 0) is 17.9 Å². The van der Waals surface area contributed by atoms with Crippen LogP contribution in [0.4, 0.5) is 4.39 Å². The number of likely N-dealkylation sites (tertiary alicyclic amines) is 1. The number of hydrogen-bond donors (Lipinski definition) is 1. The zero-order valence-electron chi connectivity index (χ0n) is 14.6. The van der Waals surface area contributed by atoms with Crippen LogP contribution in [0.2, 0.25) is 0 Å². The van der Waals surface area contributed by atoms with E-state index in [4.69, 9.17) is 0 Å². The first-order valence-corrected chi connectivity index (χ1v) is 8.85. The van der Waals surface area contributed by atoms with E-state index in [0.29, 0.717) is 18.2 Å². The molecule has 0 unspecified atom stereocenters. The summed E-state index contributed by atoms with van der Waals surface area (Å²) in [5, 5.41) is 7.19. The predicted molar refractivity (Wildman–Crippen MR) is 94.4 cm³/mol. The molecule has 1 amide bonds. The van der Waals surface area contributed by atoms with Gasteiger partial charge in [0.2, 0.25) is 5.91 Å². The summed E-state index contributed by atoms with van der Waals surface area (Å²) in [5.74, 6) is -0.348. The van der Waals surface area contributed by atoms with Crippen LogP contribution < -0.4 is 5.32 Å². The van der Waals surface area contributed by atoms with Crippen molar-refractivity contribution in [2.24, 2.45) is 0 Å². The molecule has 2 aromatic rings. The molecule has 0 saturated carbocycles. The van der Waals surface area contributed by atoms with Crippen LogP contribution >= 0.6 is 0 Å². The van der Waals surface area contributed by atoms with Crippen molar-refractivity contribution in [2.75, 3.05) is 13.1 Å². The van der Waals surface area contributed by atoms with Gasteiger partial charge in [0, 0.05) is 24.3 Å². The van der Waals surface area contributed by atoms with Crippen LogP contribution in [0.3, 0.4) is 0 Å². The van der Waals surface area contributed by atoms with Crippen molar-refractivity contribution in [1.29, 1.82) is 0 Å². The standard InChI is InChI=1S/C19H25FN4O/c1-15-10-22-24(12-15)13-17-7-4-5-9-23(17)14-19(25)21-11-16-6-2-3-8-18(16)20/h2-3,6,8,10,12,17H,4-5,7,9,11,13-14H2,1H3,(H,21,25)/t17-/m0/s1. The molecule has 134 valence electrons. The van der Waals surface area contributed by atoms with Crippen LogP contribution in [-0.4, -0.2) is 39.7 Å². The van der Waals surface area contributed by atoms with Gasteiger partial charge in [0.05, 0.1) is 19.3 Å². The first-order valence-electron chi connectivity index (χ1n) is 8.85. The highest BCUT2D eigenvalue weighted by Crippen LogP contribution is 2.18. The van der Waals surface area contributed by atoms with E-state index in [0.717, 1.165) is 31.5 Å². The van der Waals surface area contributed by atoms with Gasteiger partial charge in [0.1, 0.15) is 5.82 Å². The largest absolute Gasteiger partial charge is 0.351 e. The molecule has 0 aliphatic carbocycles. The second kappa shape index (κ2) is 8.25. The van der Waals surface area contributed by atoms with Crippen molar-refractivity contribution in [2.45, 2.75) is 45.3 Å². The molecule has 0 spiro atoms. The Balaban J connectivity index is 1.53. The van der Waals surface area contributed by atoms with E-state index in [1.54, 1.807) is 18.2 Å². The average Bonchev–Trinajstić information content (AvgIpc) is 3.01. The Hall–Kier alpha value is -2.21. The van der Waals surface area contributed by atoms with Gasteiger partial charge in [-0.2, -0.15) is 5.10 Å². The number of piperidine rings is 1. The quantitative estimate of drug-likeness (QED) is 0.876. The Morgan fingerprint density at radius 2 is 2.20 bits per heavy atom. The van der Waals surface area contributed by atoms with Crippen molar-refractivity contribution < 1.29 is 9.18 Å². The summed E-state index contributed by atoms with van der Waals surface area (Å²) in [7, 11) is 0. The third kappa shape index (κ3) is 4.89. The summed E-state index contributed by atoms with van der Waals surface area (Å²) in [5.41, 5.74) is 1.66. The number of aromatic nitrogens is 2. The Morgan fingerprint density at radius 1 is 1.36 bits per heavy atom. The lowest BCUT2D eigenvalue weighted by Gasteiger charge is -2.35. The smallest absolute Gasteiger partial charge is 0.234 e. The highest BCUT2D eigenvalue weighted by atomic mass is 19.1. The molecular weight excluding hydrogens is 319 g/mol. The van der Waals surface area contributed by atoms with Gasteiger partial charge >= 0.3 is 0 Å². The van der Waals surface area contributed by atoms with Gasteiger partial charge in [-0.3, -0.25) is 14.4 Å². The molecule has 1 aromatic heterocycles. The van der Waals surface area contributed by atoms with E-state index in [9.17, 15) is 9.18 Å². The Kier molecular flexibility index (Phi) is 5.81. The summed E-state index contributed by atoms with van der Waals surface area (Å²) >= 11 is 0. The predicted octanol–water partition coefficient (Wildman–Crippen LogP) is 2.50. The van der Waals surface area contributed by atoms with Gasteiger partial charge in [-0.25, -0.2) is 4.39 Å². The van der Waals surface area contributed by atoms with E-state index in [2.05, 4.69) is 15.3 Å². The monoisotopic (exact) mass is 344 g/mol. The Morgan fingerprint density at radius 3 is 2.96 bits per heavy atom. The number of amides is 1. The highest BCUT2D eigenvalue weighted by molar-refractivity contribution is 5.78. The first kappa shape index (κ1) is 17.6. The molecule has 25 heavy (non-hydrogen) atoms. The molecule has 5 nitrogen and oxygen atoms in total. The number of carbonyl (C=O) groups is 1. The number of rotatable bonds is 6. The number of benzene rings is 1. The van der Waals surface area contributed by atoms with Crippen molar-refractivity contribution in [1.82, 2.24) is 20.0 Å². The minimum Gasteiger partial charge on any atom is -0.351 e. The molecule has 1 aromatic carbocycles. The van der Waals surface area contributed by atoms with Crippen molar-refractivity contribution in [3.05, 3.63) is 53.6 Å². The molecule has 1 aliphatic rings. The van der Waals surface area contributed by atoms with Crippen molar-refractivity contribution >= 4 is 5.91 Å². The number of halogens is 1. The number of nitrogens with zero attached hydrogens (tertiary/aromatic N) is 3. The fourth-order valence-electron chi connectivity index (χ4n) is 3.33. The van der Waals surface area contributed by atoms with E-state index in [1.165, 1.54) is 12.5 Å². The topological polar surface area (TPSA) is 50.2 Å². The van der Waals surface area contributed by atoms with Gasteiger partial charge in [0.25, 0.3) is 0 Å². The van der Waals surface area contributed by atoms with E-state index >= 15 is 0 Å². The lowest BCUT2D eigenvalue weighted by molar-refractivity contribution is -0.123. The van der Waals surface area contributed by atoms with Gasteiger partial charge < -0.3 is 5.32 Å². The Bertz CT molecular complexity index is 715. The zero-order valence-corrected chi connectivity index (χ0v) is 14.6. The molecule has 6 heteroatoms. The Labute approximate surface area is 147 Å². The van der Waals surface area contributed by atoms with Crippen LogP contribution in [0.15, 0.2) is 36.7 Å². The minimum absolute atomic E-state index is 0.0631. The molecule has 0 radical (unpaired) electrons. The number of hydrogen-bond acceptors (Lipinski definition) is 3. The van der Waals surface area contributed by atoms with E-state index < -0.39 is 0 Å². The first-order chi connectivity index (χ1) is 12.1. The molecule has 3 rings (SSSR count). The van der Waals surface area contributed by atoms with Crippen molar-refractivity contribution in [3.8, 4) is 0 Å². The number of nitrogens with one attached hydrogen (secondary N) is 1. The molecular formula is C19H25FN4O. The van der Waals surface area contributed by atoms with E-state index in [-0.39, 0.29) is 18.3 Å². The van der Waals surface area contributed by atoms with E-state index in [1.807, 2.05) is 24.0 Å². The second-order valence-electron chi connectivity index (χ2n) is 6.73. The second-order valence-corrected chi connectivity index (χ2v) is 6.73. The summed E-state index contributed by atoms with van der Waals surface area (Å²) in [4.78, 5) is 14.5. The van der Waals surface area contributed by atoms with Crippen molar-refractivity contribution in [3.63, 3.8) is 0 Å². The lowest BCUT2D eigenvalue weighted by Crippen LogP contribution is -2.47. The molecule has 1 saturated heterocycles. The molecule has 1 N–H and O–H groups in total. The molecule has 0 bridgehead atoms. The fraction of sp³-hybridized carbons (Fsp3) is 0.474. The summed E-state index contributed by atoms with van der Waals surface area (Å²) in [6.45, 7) is 4.31. The molecule has 1 atom stereocenters. The zero-order chi connectivity index (χ0) is 17.6. The van der Waals surface area contributed by atoms with Gasteiger partial charge in [-0.05, 0) is 37.9 Å². The maximum absolute atomic E-state index is 13.6. The number of aryl methyl sites for hydroxylation is 1. The van der Waals surface area contributed by atoms with Gasteiger partial charge in [-0.15, -0.1) is 0 Å². The highest BCUT2D eigenvalue weighted by Gasteiger charge is 2.24. The SMILES string of the molecule is Cc1cnn(C[C@@H]2CCCCN2CC(=O)NCc2ccccc2F)c1. The maximum atomic E-state index is 13.6. The molecule has 1 aliphatic heterocycles. The van der Waals surface area contributed by atoms with Gasteiger partial charge in [-0.1, -0.05) is 24.6 Å². The number of carbonyl (C=O) groups excluding carboxylic acids is 1. The molecule has 2 heterocycles. The summed E-state index contributed by atoms with van der Waals surface area (Å²) < 4.78 is 15.6. The minimum atomic E-state index is -0.285. The summed E-state index contributed by atoms with van der Waals surface area (Å²) in [6.07, 6.45) is 7.24. The molecule has 1 fully saturated rings. The maximum Gasteiger partial charge on any atom is 0.234 e. The van der Waals surface area contributed by atoms with Crippen LogP contribution in [0.1, 0.15) is 30.4 Å². The third-order valence-electron chi connectivity index (χ3n) is 4.69. The fourth-order valence-corrected chi connectivity index (χ4v) is 3.33. The third-order valence-corrected chi connectivity index (χ3v) is 4.69. The summed E-state index contributed by atoms with van der Waals surface area (Å²) in [6, 6.07) is 6.84. The normalized spacial score (nSPS) is 18.2. The van der Waals surface area contributed by atoms with Gasteiger partial charge in [0.15, 0.2) is 0 Å². The van der Waals surface area contributed by atoms with Crippen LogP contribution in [0.5, 0.6) is 0 Å². The average molecular weight is 344 g/mol.